The molecule has 1 N–H and O–H groups in total. The second-order valence-electron chi connectivity index (χ2n) is 6.02. The summed E-state index contributed by atoms with van der Waals surface area (Å²) in [6.07, 6.45) is 4.44. The Balaban J connectivity index is 2.05. The molecule has 2 aliphatic rings. The van der Waals surface area contributed by atoms with Crippen LogP contribution in [-0.4, -0.2) is 72.9 Å². The summed E-state index contributed by atoms with van der Waals surface area (Å²) in [5.41, 5.74) is -0.137. The fourth-order valence-corrected chi connectivity index (χ4v) is 3.53. The molecule has 0 spiro atoms. The van der Waals surface area contributed by atoms with Gasteiger partial charge in [-0.15, -0.1) is 0 Å². The number of ether oxygens (including phenoxy) is 1. The predicted octanol–water partition coefficient (Wildman–Crippen LogP) is 1.04. The van der Waals surface area contributed by atoms with Gasteiger partial charge in [0.2, 0.25) is 0 Å². The van der Waals surface area contributed by atoms with Gasteiger partial charge in [0.1, 0.15) is 0 Å². The van der Waals surface area contributed by atoms with Gasteiger partial charge >= 0.3 is 5.97 Å². The number of aliphatic carboxylic acids is 1. The molecule has 19 heavy (non-hydrogen) atoms. The van der Waals surface area contributed by atoms with Crippen LogP contribution >= 0.6 is 0 Å². The monoisotopic (exact) mass is 270 g/mol. The van der Waals surface area contributed by atoms with Gasteiger partial charge in [-0.1, -0.05) is 0 Å². The van der Waals surface area contributed by atoms with Crippen LogP contribution in [0.15, 0.2) is 0 Å². The Morgan fingerprint density at radius 1 is 1.26 bits per heavy atom. The number of hydrogen-bond donors (Lipinski definition) is 1. The van der Waals surface area contributed by atoms with Crippen molar-refractivity contribution in [1.82, 2.24) is 9.80 Å². The van der Waals surface area contributed by atoms with E-state index in [1.807, 2.05) is 0 Å². The van der Waals surface area contributed by atoms with Crippen LogP contribution in [0.25, 0.3) is 0 Å². The first-order chi connectivity index (χ1) is 9.05. The van der Waals surface area contributed by atoms with Crippen molar-refractivity contribution in [1.29, 1.82) is 0 Å². The van der Waals surface area contributed by atoms with E-state index in [4.69, 9.17) is 4.74 Å². The molecule has 0 aromatic heterocycles. The molecule has 0 amide bonds. The van der Waals surface area contributed by atoms with Gasteiger partial charge in [0.05, 0.1) is 12.5 Å². The lowest BCUT2D eigenvalue weighted by molar-refractivity contribution is -0.142. The van der Waals surface area contributed by atoms with Crippen LogP contribution in [0.1, 0.15) is 32.1 Å². The normalized spacial score (nSPS) is 34.3. The fourth-order valence-electron chi connectivity index (χ4n) is 3.53. The smallest absolute Gasteiger partial charge is 0.305 e. The van der Waals surface area contributed by atoms with Crippen molar-refractivity contribution in [2.24, 2.45) is 0 Å². The van der Waals surface area contributed by atoms with Gasteiger partial charge in [-0.25, -0.2) is 0 Å². The van der Waals surface area contributed by atoms with Crippen LogP contribution < -0.4 is 0 Å². The van der Waals surface area contributed by atoms with Gasteiger partial charge in [-0.05, 0) is 32.7 Å². The molecule has 110 valence electrons. The highest BCUT2D eigenvalue weighted by Gasteiger charge is 2.42. The van der Waals surface area contributed by atoms with Gasteiger partial charge in [0, 0.05) is 38.8 Å². The molecule has 1 aliphatic carbocycles. The highest BCUT2D eigenvalue weighted by atomic mass is 16.5. The summed E-state index contributed by atoms with van der Waals surface area (Å²) in [6, 6.07) is 0. The Labute approximate surface area is 115 Å². The molecule has 2 rings (SSSR count). The van der Waals surface area contributed by atoms with Crippen LogP contribution in [-0.2, 0) is 9.53 Å². The molecule has 1 saturated carbocycles. The molecule has 1 saturated heterocycles. The molecule has 2 fully saturated rings. The molecule has 0 bridgehead atoms. The first-order valence-corrected chi connectivity index (χ1v) is 7.24. The topological polar surface area (TPSA) is 53.0 Å². The number of methoxy groups -OCH3 is 1. The number of piperazine rings is 1. The first kappa shape index (κ1) is 14.8. The first-order valence-electron chi connectivity index (χ1n) is 7.24. The molecule has 5 nitrogen and oxygen atoms in total. The number of carbonyl (C=O) groups is 1. The maximum atomic E-state index is 11.3. The Hall–Kier alpha value is -0.650. The average Bonchev–Trinajstić information content (AvgIpc) is 2.39. The van der Waals surface area contributed by atoms with Crippen molar-refractivity contribution in [2.75, 3.05) is 40.3 Å². The van der Waals surface area contributed by atoms with Crippen molar-refractivity contribution in [3.63, 3.8) is 0 Å². The van der Waals surface area contributed by atoms with Gasteiger partial charge in [-0.2, -0.15) is 0 Å². The fraction of sp³-hybridized carbons (Fsp3) is 0.929. The summed E-state index contributed by atoms with van der Waals surface area (Å²) in [6.45, 7) is 4.05. The molecule has 0 atom stereocenters. The van der Waals surface area contributed by atoms with Crippen molar-refractivity contribution in [3.05, 3.63) is 0 Å². The number of likely N-dealkylation sites (N-methyl/N-ethyl adjacent to an activating group) is 1. The second-order valence-corrected chi connectivity index (χ2v) is 6.02. The molecule has 5 heteroatoms. The van der Waals surface area contributed by atoms with Gasteiger partial charge < -0.3 is 14.7 Å². The van der Waals surface area contributed by atoms with Crippen LogP contribution in [0.4, 0.5) is 0 Å². The van der Waals surface area contributed by atoms with Crippen molar-refractivity contribution in [2.45, 2.75) is 43.7 Å². The van der Waals surface area contributed by atoms with Crippen LogP contribution in [0, 0.1) is 0 Å². The van der Waals surface area contributed by atoms with E-state index < -0.39 is 5.97 Å². The molecular formula is C14H26N2O3. The third-order valence-electron chi connectivity index (χ3n) is 4.85. The van der Waals surface area contributed by atoms with Crippen molar-refractivity contribution < 1.29 is 14.6 Å². The zero-order chi connectivity index (χ0) is 13.9. The Morgan fingerprint density at radius 3 is 2.32 bits per heavy atom. The molecule has 1 heterocycles. The van der Waals surface area contributed by atoms with E-state index in [1.54, 1.807) is 7.11 Å². The summed E-state index contributed by atoms with van der Waals surface area (Å²) in [5.74, 6) is -0.671. The third-order valence-corrected chi connectivity index (χ3v) is 4.85. The minimum Gasteiger partial charge on any atom is -0.481 e. The third kappa shape index (κ3) is 3.46. The number of rotatable bonds is 4. The van der Waals surface area contributed by atoms with Gasteiger partial charge in [0.15, 0.2) is 0 Å². The molecule has 0 aromatic rings. The van der Waals surface area contributed by atoms with E-state index >= 15 is 0 Å². The quantitative estimate of drug-likeness (QED) is 0.827. The zero-order valence-corrected chi connectivity index (χ0v) is 12.1. The molecule has 0 radical (unpaired) electrons. The van der Waals surface area contributed by atoms with E-state index in [-0.39, 0.29) is 12.0 Å². The van der Waals surface area contributed by atoms with E-state index in [0.717, 1.165) is 51.9 Å². The molecular weight excluding hydrogens is 244 g/mol. The standard InChI is InChI=1S/C14H26N2O3/c1-15-7-9-16(10-8-15)14(11-13(17)18)5-3-12(19-2)4-6-14/h12H,3-11H2,1-2H3,(H,17,18). The number of carboxylic acid groups (broad SMARTS) is 1. The Kier molecular flexibility index (Phi) is 4.81. The highest BCUT2D eigenvalue weighted by Crippen LogP contribution is 2.38. The molecule has 0 unspecified atom stereocenters. The maximum Gasteiger partial charge on any atom is 0.305 e. The van der Waals surface area contributed by atoms with E-state index in [2.05, 4.69) is 16.8 Å². The lowest BCUT2D eigenvalue weighted by Gasteiger charge is -2.49. The minimum atomic E-state index is -0.671. The van der Waals surface area contributed by atoms with E-state index in [0.29, 0.717) is 6.10 Å². The largest absolute Gasteiger partial charge is 0.481 e. The molecule has 1 aliphatic heterocycles. The van der Waals surface area contributed by atoms with Crippen molar-refractivity contribution >= 4 is 5.97 Å². The molecule has 0 aromatic carbocycles. The Morgan fingerprint density at radius 2 is 1.84 bits per heavy atom. The summed E-state index contributed by atoms with van der Waals surface area (Å²) in [4.78, 5) is 16.0. The lowest BCUT2D eigenvalue weighted by atomic mass is 9.76. The lowest BCUT2D eigenvalue weighted by Crippen LogP contribution is -2.58. The number of hydrogen-bond acceptors (Lipinski definition) is 4. The van der Waals surface area contributed by atoms with Crippen LogP contribution in [0.3, 0.4) is 0 Å². The second kappa shape index (κ2) is 6.20. The Bertz CT molecular complexity index is 306. The van der Waals surface area contributed by atoms with E-state index in [9.17, 15) is 9.90 Å². The zero-order valence-electron chi connectivity index (χ0n) is 12.1. The average molecular weight is 270 g/mol. The van der Waals surface area contributed by atoms with Gasteiger partial charge in [-0.3, -0.25) is 9.69 Å². The summed E-state index contributed by atoms with van der Waals surface area (Å²) in [7, 11) is 3.88. The highest BCUT2D eigenvalue weighted by molar-refractivity contribution is 5.68. The van der Waals surface area contributed by atoms with Gasteiger partial charge in [0.25, 0.3) is 0 Å². The number of carboxylic acids is 1. The van der Waals surface area contributed by atoms with Crippen molar-refractivity contribution in [3.8, 4) is 0 Å². The predicted molar refractivity (Wildman–Crippen MR) is 73.3 cm³/mol. The summed E-state index contributed by atoms with van der Waals surface area (Å²) >= 11 is 0. The summed E-state index contributed by atoms with van der Waals surface area (Å²) < 4.78 is 5.42. The maximum absolute atomic E-state index is 11.3. The SMILES string of the molecule is COC1CCC(CC(=O)O)(N2CCN(C)CC2)CC1. The van der Waals surface area contributed by atoms with Crippen LogP contribution in [0.2, 0.25) is 0 Å². The number of nitrogens with zero attached hydrogens (tertiary/aromatic N) is 2. The summed E-state index contributed by atoms with van der Waals surface area (Å²) in [5, 5.41) is 9.27. The van der Waals surface area contributed by atoms with E-state index in [1.165, 1.54) is 0 Å². The van der Waals surface area contributed by atoms with Crippen LogP contribution in [0.5, 0.6) is 0 Å². The minimum absolute atomic E-state index is 0.137.